The number of carbonyl (C=O) groups excluding carboxylic acids is 1. The van der Waals surface area contributed by atoms with E-state index in [2.05, 4.69) is 20.3 Å². The van der Waals surface area contributed by atoms with Gasteiger partial charge in [0.05, 0.1) is 26.9 Å². The molecule has 1 aliphatic rings. The van der Waals surface area contributed by atoms with E-state index in [0.717, 1.165) is 0 Å². The molecule has 3 rings (SSSR count). The van der Waals surface area contributed by atoms with Gasteiger partial charge in [0, 0.05) is 13.1 Å². The predicted octanol–water partition coefficient (Wildman–Crippen LogP) is 0.940. The molecule has 0 aliphatic carbocycles. The Labute approximate surface area is 161 Å². The quantitative estimate of drug-likeness (QED) is 0.745. The van der Waals surface area contributed by atoms with Gasteiger partial charge in [-0.2, -0.15) is 15.0 Å². The number of ether oxygens (including phenoxy) is 3. The summed E-state index contributed by atoms with van der Waals surface area (Å²) in [6, 6.07) is 6.08. The van der Waals surface area contributed by atoms with Gasteiger partial charge in [-0.05, 0) is 19.1 Å². The summed E-state index contributed by atoms with van der Waals surface area (Å²) in [5.74, 6) is -0.119. The van der Waals surface area contributed by atoms with E-state index >= 15 is 0 Å². The number of nitrogens with zero attached hydrogens (tertiary/aromatic N) is 4. The zero-order valence-electron chi connectivity index (χ0n) is 15.7. The first-order valence-corrected chi connectivity index (χ1v) is 8.87. The van der Waals surface area contributed by atoms with E-state index in [4.69, 9.17) is 14.2 Å². The molecule has 1 unspecified atom stereocenters. The minimum atomic E-state index is -0.889. The highest BCUT2D eigenvalue weighted by Crippen LogP contribution is 2.17. The van der Waals surface area contributed by atoms with Crippen molar-refractivity contribution in [2.24, 2.45) is 0 Å². The van der Waals surface area contributed by atoms with E-state index in [1.54, 1.807) is 12.1 Å². The summed E-state index contributed by atoms with van der Waals surface area (Å²) in [6.45, 7) is 4.09. The number of halogens is 1. The molecule has 1 N–H and O–H groups in total. The minimum Gasteiger partial charge on any atom is -0.478 e. The number of amides is 1. The maximum absolute atomic E-state index is 13.7. The number of anilines is 1. The van der Waals surface area contributed by atoms with Crippen LogP contribution in [-0.2, 0) is 16.1 Å². The lowest BCUT2D eigenvalue weighted by Gasteiger charge is -2.26. The standard InChI is InChI=1S/C18H22FN5O4/c1-12(28-14-6-4-3-5-13(14)19)16(25)20-11-15-21-17(23-18(22-15)26-2)24-7-9-27-10-8-24/h3-6,12H,7-11H2,1-2H3,(H,20,25). The van der Waals surface area contributed by atoms with Crippen LogP contribution >= 0.6 is 0 Å². The molecule has 2 aromatic rings. The Morgan fingerprint density at radius 2 is 2.04 bits per heavy atom. The van der Waals surface area contributed by atoms with Crippen LogP contribution in [0.15, 0.2) is 24.3 Å². The Morgan fingerprint density at radius 3 is 2.75 bits per heavy atom. The van der Waals surface area contributed by atoms with Crippen molar-refractivity contribution in [3.63, 3.8) is 0 Å². The zero-order chi connectivity index (χ0) is 19.9. The predicted molar refractivity (Wildman–Crippen MR) is 97.7 cm³/mol. The van der Waals surface area contributed by atoms with Gasteiger partial charge in [-0.25, -0.2) is 4.39 Å². The second-order valence-corrected chi connectivity index (χ2v) is 6.05. The molecule has 1 amide bonds. The van der Waals surface area contributed by atoms with Crippen molar-refractivity contribution in [3.05, 3.63) is 35.9 Å². The molecule has 150 valence electrons. The summed E-state index contributed by atoms with van der Waals surface area (Å²) in [7, 11) is 1.46. The fraction of sp³-hybridized carbons (Fsp3) is 0.444. The number of nitrogens with one attached hydrogen (secondary N) is 1. The number of methoxy groups -OCH3 is 1. The molecule has 28 heavy (non-hydrogen) atoms. The highest BCUT2D eigenvalue weighted by molar-refractivity contribution is 5.80. The second-order valence-electron chi connectivity index (χ2n) is 6.05. The van der Waals surface area contributed by atoms with Crippen LogP contribution in [0.1, 0.15) is 12.7 Å². The third-order valence-corrected chi connectivity index (χ3v) is 4.06. The highest BCUT2D eigenvalue weighted by atomic mass is 19.1. The third-order valence-electron chi connectivity index (χ3n) is 4.06. The van der Waals surface area contributed by atoms with Crippen LogP contribution in [0.5, 0.6) is 11.8 Å². The SMILES string of the molecule is COc1nc(CNC(=O)C(C)Oc2ccccc2F)nc(N2CCOCC2)n1. The largest absolute Gasteiger partial charge is 0.478 e. The van der Waals surface area contributed by atoms with Gasteiger partial charge in [0.15, 0.2) is 23.5 Å². The molecule has 10 heteroatoms. The lowest BCUT2D eigenvalue weighted by Crippen LogP contribution is -2.38. The van der Waals surface area contributed by atoms with Crippen LogP contribution in [0, 0.1) is 5.82 Å². The smallest absolute Gasteiger partial charge is 0.321 e. The van der Waals surface area contributed by atoms with Gasteiger partial charge < -0.3 is 24.4 Å². The number of morpholine rings is 1. The van der Waals surface area contributed by atoms with Gasteiger partial charge in [0.2, 0.25) is 5.95 Å². The van der Waals surface area contributed by atoms with Gasteiger partial charge in [-0.1, -0.05) is 12.1 Å². The van der Waals surface area contributed by atoms with Crippen molar-refractivity contribution in [2.45, 2.75) is 19.6 Å². The van der Waals surface area contributed by atoms with Gasteiger partial charge >= 0.3 is 6.01 Å². The summed E-state index contributed by atoms with van der Waals surface area (Å²) in [6.07, 6.45) is -0.889. The molecular formula is C18H22FN5O4. The average molecular weight is 391 g/mol. The molecule has 0 saturated carbocycles. The maximum atomic E-state index is 13.7. The molecule has 9 nitrogen and oxygen atoms in total. The Kier molecular flexibility index (Phi) is 6.53. The molecule has 2 heterocycles. The lowest BCUT2D eigenvalue weighted by molar-refractivity contribution is -0.127. The van der Waals surface area contributed by atoms with E-state index in [9.17, 15) is 9.18 Å². The van der Waals surface area contributed by atoms with Crippen LogP contribution in [0.2, 0.25) is 0 Å². The van der Waals surface area contributed by atoms with E-state index in [-0.39, 0.29) is 18.3 Å². The monoisotopic (exact) mass is 391 g/mol. The Morgan fingerprint density at radius 1 is 1.29 bits per heavy atom. The molecule has 1 aliphatic heterocycles. The fourth-order valence-electron chi connectivity index (χ4n) is 2.56. The van der Waals surface area contributed by atoms with Gasteiger partial charge in [0.25, 0.3) is 5.91 Å². The summed E-state index contributed by atoms with van der Waals surface area (Å²) in [4.78, 5) is 27.0. The van der Waals surface area contributed by atoms with Gasteiger partial charge in [-0.3, -0.25) is 4.79 Å². The molecule has 1 atom stereocenters. The van der Waals surface area contributed by atoms with E-state index < -0.39 is 17.8 Å². The number of benzene rings is 1. The van der Waals surface area contributed by atoms with Crippen LogP contribution < -0.4 is 19.7 Å². The lowest BCUT2D eigenvalue weighted by atomic mass is 10.3. The average Bonchev–Trinajstić information content (AvgIpc) is 2.74. The molecule has 1 fully saturated rings. The van der Waals surface area contributed by atoms with Gasteiger partial charge in [0.1, 0.15) is 0 Å². The van der Waals surface area contributed by atoms with Gasteiger partial charge in [-0.15, -0.1) is 0 Å². The van der Waals surface area contributed by atoms with Crippen molar-refractivity contribution >= 4 is 11.9 Å². The molecular weight excluding hydrogens is 369 g/mol. The van der Waals surface area contributed by atoms with E-state index in [0.29, 0.717) is 38.1 Å². The normalized spacial score (nSPS) is 15.0. The number of hydrogen-bond acceptors (Lipinski definition) is 8. The minimum absolute atomic E-state index is 0.0154. The first kappa shape index (κ1) is 19.7. The second kappa shape index (κ2) is 9.27. The summed E-state index contributed by atoms with van der Waals surface area (Å²) >= 11 is 0. The number of aromatic nitrogens is 3. The van der Waals surface area contributed by atoms with Crippen molar-refractivity contribution in [2.75, 3.05) is 38.3 Å². The van der Waals surface area contributed by atoms with Crippen molar-refractivity contribution in [3.8, 4) is 11.8 Å². The molecule has 0 radical (unpaired) electrons. The zero-order valence-corrected chi connectivity index (χ0v) is 15.7. The molecule has 1 aromatic heterocycles. The summed E-state index contributed by atoms with van der Waals surface area (Å²) in [5.41, 5.74) is 0. The maximum Gasteiger partial charge on any atom is 0.321 e. The topological polar surface area (TPSA) is 98.7 Å². The molecule has 1 saturated heterocycles. The summed E-state index contributed by atoms with van der Waals surface area (Å²) < 4.78 is 29.5. The highest BCUT2D eigenvalue weighted by Gasteiger charge is 2.19. The third kappa shape index (κ3) is 5.03. The van der Waals surface area contributed by atoms with Crippen LogP contribution in [0.4, 0.5) is 10.3 Å². The summed E-state index contributed by atoms with van der Waals surface area (Å²) in [5, 5.41) is 2.68. The Hall–Kier alpha value is -3.01. The Balaban J connectivity index is 1.62. The van der Waals surface area contributed by atoms with Crippen LogP contribution in [-0.4, -0.2) is 60.4 Å². The van der Waals surface area contributed by atoms with Crippen molar-refractivity contribution < 1.29 is 23.4 Å². The van der Waals surface area contributed by atoms with Crippen LogP contribution in [0.3, 0.4) is 0 Å². The molecule has 0 bridgehead atoms. The van der Waals surface area contributed by atoms with Crippen molar-refractivity contribution in [1.29, 1.82) is 0 Å². The van der Waals surface area contributed by atoms with Crippen molar-refractivity contribution in [1.82, 2.24) is 20.3 Å². The number of para-hydroxylation sites is 1. The van der Waals surface area contributed by atoms with Crippen LogP contribution in [0.25, 0.3) is 0 Å². The molecule has 1 aromatic carbocycles. The number of carbonyl (C=O) groups is 1. The molecule has 0 spiro atoms. The number of hydrogen-bond donors (Lipinski definition) is 1. The van der Waals surface area contributed by atoms with E-state index in [1.165, 1.54) is 26.2 Å². The number of rotatable bonds is 7. The van der Waals surface area contributed by atoms with E-state index in [1.807, 2.05) is 4.90 Å². The fourth-order valence-corrected chi connectivity index (χ4v) is 2.56. The Bertz CT molecular complexity index is 816. The first-order chi connectivity index (χ1) is 13.6. The first-order valence-electron chi connectivity index (χ1n) is 8.87.